The van der Waals surface area contributed by atoms with Gasteiger partial charge in [0.25, 0.3) is 5.69 Å². The van der Waals surface area contributed by atoms with Crippen LogP contribution in [-0.2, 0) is 0 Å². The predicted molar refractivity (Wildman–Crippen MR) is 108 cm³/mol. The standard InChI is InChI=1S/C20H16N4O5/c1-29-17-10-7-15(8-11-17)20(14-5-3-2-4-6-14)22-21-18-12-9-16(23(25)26)13-19(18)24(27)28/h2-13,21H,1H3/b22-20+. The van der Waals surface area contributed by atoms with Crippen molar-refractivity contribution in [2.45, 2.75) is 0 Å². The molecule has 3 aromatic rings. The monoisotopic (exact) mass is 392 g/mol. The molecule has 0 bridgehead atoms. The van der Waals surface area contributed by atoms with E-state index in [0.29, 0.717) is 11.5 Å². The molecule has 0 aliphatic carbocycles. The van der Waals surface area contributed by atoms with Crippen molar-refractivity contribution in [2.24, 2.45) is 5.10 Å². The lowest BCUT2D eigenvalue weighted by Gasteiger charge is -2.10. The topological polar surface area (TPSA) is 120 Å². The van der Waals surface area contributed by atoms with Gasteiger partial charge in [0, 0.05) is 17.2 Å². The van der Waals surface area contributed by atoms with Gasteiger partial charge in [-0.15, -0.1) is 0 Å². The summed E-state index contributed by atoms with van der Waals surface area (Å²) in [6.07, 6.45) is 0. The molecular formula is C20H16N4O5. The lowest BCUT2D eigenvalue weighted by atomic mass is 10.0. The van der Waals surface area contributed by atoms with Gasteiger partial charge < -0.3 is 4.74 Å². The molecule has 3 rings (SSSR count). The minimum Gasteiger partial charge on any atom is -0.497 e. The number of nitrogens with zero attached hydrogens (tertiary/aromatic N) is 3. The number of rotatable bonds is 7. The molecular weight excluding hydrogens is 376 g/mol. The SMILES string of the molecule is COc1ccc(/C(=N/Nc2ccc([N+](=O)[O-])cc2[N+](=O)[O-])c2ccccc2)cc1. The Hall–Kier alpha value is -4.27. The van der Waals surface area contributed by atoms with E-state index in [0.717, 1.165) is 17.2 Å². The first-order valence-electron chi connectivity index (χ1n) is 8.46. The average molecular weight is 392 g/mol. The van der Waals surface area contributed by atoms with E-state index < -0.39 is 15.5 Å². The second kappa shape index (κ2) is 8.61. The zero-order chi connectivity index (χ0) is 20.8. The Labute approximate surface area is 165 Å². The van der Waals surface area contributed by atoms with E-state index in [1.165, 1.54) is 12.1 Å². The second-order valence-electron chi connectivity index (χ2n) is 5.88. The van der Waals surface area contributed by atoms with Crippen LogP contribution < -0.4 is 10.2 Å². The molecule has 0 aliphatic heterocycles. The third kappa shape index (κ3) is 4.53. The van der Waals surface area contributed by atoms with Crippen LogP contribution >= 0.6 is 0 Å². The number of non-ortho nitro benzene ring substituents is 1. The molecule has 0 heterocycles. The Morgan fingerprint density at radius 2 is 1.55 bits per heavy atom. The Morgan fingerprint density at radius 3 is 2.14 bits per heavy atom. The van der Waals surface area contributed by atoms with Crippen molar-refractivity contribution < 1.29 is 14.6 Å². The number of methoxy groups -OCH3 is 1. The second-order valence-corrected chi connectivity index (χ2v) is 5.88. The fourth-order valence-electron chi connectivity index (χ4n) is 2.64. The first kappa shape index (κ1) is 19.5. The number of anilines is 1. The van der Waals surface area contributed by atoms with Crippen LogP contribution in [0.1, 0.15) is 11.1 Å². The molecule has 3 aromatic carbocycles. The Kier molecular flexibility index (Phi) is 5.79. The summed E-state index contributed by atoms with van der Waals surface area (Å²) in [6, 6.07) is 19.8. The number of benzene rings is 3. The summed E-state index contributed by atoms with van der Waals surface area (Å²) >= 11 is 0. The molecule has 0 atom stereocenters. The molecule has 0 aromatic heterocycles. The van der Waals surface area contributed by atoms with Crippen LogP contribution in [0.25, 0.3) is 0 Å². The van der Waals surface area contributed by atoms with Crippen molar-refractivity contribution in [3.63, 3.8) is 0 Å². The molecule has 0 saturated heterocycles. The molecule has 0 fully saturated rings. The highest BCUT2D eigenvalue weighted by atomic mass is 16.6. The number of hydrazone groups is 1. The first-order valence-corrected chi connectivity index (χ1v) is 8.46. The van der Waals surface area contributed by atoms with E-state index in [9.17, 15) is 20.2 Å². The predicted octanol–water partition coefficient (Wildman–Crippen LogP) is 4.38. The van der Waals surface area contributed by atoms with Gasteiger partial charge in [0.1, 0.15) is 11.4 Å². The van der Waals surface area contributed by atoms with Crippen LogP contribution in [0.4, 0.5) is 17.1 Å². The summed E-state index contributed by atoms with van der Waals surface area (Å²) in [5, 5.41) is 26.6. The summed E-state index contributed by atoms with van der Waals surface area (Å²) in [5.74, 6) is 0.681. The number of nitro benzene ring substituents is 2. The molecule has 29 heavy (non-hydrogen) atoms. The molecule has 0 aliphatic rings. The zero-order valence-electron chi connectivity index (χ0n) is 15.3. The van der Waals surface area contributed by atoms with Gasteiger partial charge >= 0.3 is 5.69 Å². The highest BCUT2D eigenvalue weighted by Crippen LogP contribution is 2.29. The minimum atomic E-state index is -0.694. The van der Waals surface area contributed by atoms with Crippen molar-refractivity contribution in [3.8, 4) is 5.75 Å². The fourth-order valence-corrected chi connectivity index (χ4v) is 2.64. The van der Waals surface area contributed by atoms with Gasteiger partial charge in [-0.3, -0.25) is 25.7 Å². The van der Waals surface area contributed by atoms with Crippen molar-refractivity contribution >= 4 is 22.8 Å². The summed E-state index contributed by atoms with van der Waals surface area (Å²) < 4.78 is 5.17. The van der Waals surface area contributed by atoms with E-state index in [2.05, 4.69) is 10.5 Å². The highest BCUT2D eigenvalue weighted by Gasteiger charge is 2.19. The van der Waals surface area contributed by atoms with E-state index in [1.54, 1.807) is 19.2 Å². The highest BCUT2D eigenvalue weighted by molar-refractivity contribution is 6.13. The Morgan fingerprint density at radius 1 is 0.897 bits per heavy atom. The maximum atomic E-state index is 11.3. The van der Waals surface area contributed by atoms with Gasteiger partial charge in [-0.25, -0.2) is 0 Å². The van der Waals surface area contributed by atoms with Crippen molar-refractivity contribution in [2.75, 3.05) is 12.5 Å². The number of nitro groups is 2. The maximum absolute atomic E-state index is 11.3. The quantitative estimate of drug-likeness (QED) is 0.362. The molecule has 0 unspecified atom stereocenters. The molecule has 146 valence electrons. The molecule has 0 radical (unpaired) electrons. The van der Waals surface area contributed by atoms with Gasteiger partial charge in [0.15, 0.2) is 0 Å². The van der Waals surface area contributed by atoms with Crippen LogP contribution in [0.15, 0.2) is 77.9 Å². The first-order chi connectivity index (χ1) is 14.0. The van der Waals surface area contributed by atoms with E-state index in [4.69, 9.17) is 4.74 Å². The van der Waals surface area contributed by atoms with Crippen LogP contribution in [-0.4, -0.2) is 22.7 Å². The number of nitrogens with one attached hydrogen (secondary N) is 1. The van der Waals surface area contributed by atoms with Crippen molar-refractivity contribution in [1.82, 2.24) is 0 Å². The number of hydrogen-bond acceptors (Lipinski definition) is 7. The molecule has 9 nitrogen and oxygen atoms in total. The van der Waals surface area contributed by atoms with E-state index >= 15 is 0 Å². The van der Waals surface area contributed by atoms with Crippen molar-refractivity contribution in [1.29, 1.82) is 0 Å². The average Bonchev–Trinajstić information content (AvgIpc) is 2.75. The van der Waals surface area contributed by atoms with Gasteiger partial charge in [-0.2, -0.15) is 5.10 Å². The van der Waals surface area contributed by atoms with Crippen LogP contribution in [0, 0.1) is 20.2 Å². The van der Waals surface area contributed by atoms with Gasteiger partial charge in [0.05, 0.1) is 28.7 Å². The Bertz CT molecular complexity index is 1070. The minimum absolute atomic E-state index is 0.0440. The maximum Gasteiger partial charge on any atom is 0.301 e. The van der Waals surface area contributed by atoms with Crippen LogP contribution in [0.3, 0.4) is 0 Å². The molecule has 0 spiro atoms. The number of ether oxygens (including phenoxy) is 1. The zero-order valence-corrected chi connectivity index (χ0v) is 15.3. The molecule has 9 heteroatoms. The largest absolute Gasteiger partial charge is 0.497 e. The van der Waals surface area contributed by atoms with Crippen LogP contribution in [0.5, 0.6) is 5.75 Å². The van der Waals surface area contributed by atoms with E-state index in [-0.39, 0.29) is 11.4 Å². The smallest absolute Gasteiger partial charge is 0.301 e. The number of hydrogen-bond donors (Lipinski definition) is 1. The summed E-state index contributed by atoms with van der Waals surface area (Å²) in [7, 11) is 1.57. The molecule has 1 N–H and O–H groups in total. The van der Waals surface area contributed by atoms with Gasteiger partial charge in [-0.1, -0.05) is 30.3 Å². The van der Waals surface area contributed by atoms with Crippen LogP contribution in [0.2, 0.25) is 0 Å². The lowest BCUT2D eigenvalue weighted by Crippen LogP contribution is -2.07. The summed E-state index contributed by atoms with van der Waals surface area (Å²) in [4.78, 5) is 20.9. The van der Waals surface area contributed by atoms with Crippen molar-refractivity contribution in [3.05, 3.63) is 104 Å². The Balaban J connectivity index is 2.03. The molecule has 0 amide bonds. The van der Waals surface area contributed by atoms with Gasteiger partial charge in [0.2, 0.25) is 0 Å². The van der Waals surface area contributed by atoms with Gasteiger partial charge in [-0.05, 0) is 30.3 Å². The normalized spacial score (nSPS) is 11.0. The van der Waals surface area contributed by atoms with E-state index in [1.807, 2.05) is 42.5 Å². The third-order valence-electron chi connectivity index (χ3n) is 4.09. The summed E-state index contributed by atoms with van der Waals surface area (Å²) in [6.45, 7) is 0. The fraction of sp³-hybridized carbons (Fsp3) is 0.0500. The summed E-state index contributed by atoms with van der Waals surface area (Å²) in [5.41, 5.74) is 4.00. The third-order valence-corrected chi connectivity index (χ3v) is 4.09. The molecule has 0 saturated carbocycles. The lowest BCUT2D eigenvalue weighted by molar-refractivity contribution is -0.393.